The first-order chi connectivity index (χ1) is 15.8. The van der Waals surface area contributed by atoms with Crippen LogP contribution in [0, 0.1) is 5.92 Å². The van der Waals surface area contributed by atoms with Crippen molar-refractivity contribution in [2.45, 2.75) is 82.0 Å². The summed E-state index contributed by atoms with van der Waals surface area (Å²) < 4.78 is 42.9. The summed E-state index contributed by atoms with van der Waals surface area (Å²) >= 11 is 0. The van der Waals surface area contributed by atoms with Crippen LogP contribution >= 0.6 is 0 Å². The molecule has 3 aliphatic rings. The zero-order chi connectivity index (χ0) is 23.4. The highest BCUT2D eigenvalue weighted by atomic mass is 19.4. The summed E-state index contributed by atoms with van der Waals surface area (Å²) in [4.78, 5) is 14.3. The van der Waals surface area contributed by atoms with Gasteiger partial charge >= 0.3 is 6.18 Å². The molecule has 1 atom stereocenters. The number of nitrogens with zero attached hydrogens (tertiary/aromatic N) is 1. The predicted octanol–water partition coefficient (Wildman–Crippen LogP) is 4.18. The molecule has 4 rings (SSSR count). The zero-order valence-corrected chi connectivity index (χ0v) is 19.1. The quantitative estimate of drug-likeness (QED) is 0.630. The number of carbonyl (C=O) groups is 1. The summed E-state index contributed by atoms with van der Waals surface area (Å²) in [6.45, 7) is 4.11. The summed E-state index contributed by atoms with van der Waals surface area (Å²) in [6, 6.07) is 6.38. The van der Waals surface area contributed by atoms with Crippen molar-refractivity contribution in [3.63, 3.8) is 0 Å². The summed E-state index contributed by atoms with van der Waals surface area (Å²) in [5, 5.41) is 11.7. The number of nitrogens with one attached hydrogen (secondary N) is 1. The number of hydrogen-bond donors (Lipinski definition) is 2. The first-order valence-electron chi connectivity index (χ1n) is 12.3. The molecule has 2 aliphatic heterocycles. The van der Waals surface area contributed by atoms with Gasteiger partial charge in [0.25, 0.3) is 0 Å². The van der Waals surface area contributed by atoms with Crippen molar-refractivity contribution in [2.75, 3.05) is 26.2 Å². The van der Waals surface area contributed by atoms with Crippen LogP contribution in [0.5, 0.6) is 5.75 Å². The first-order valence-corrected chi connectivity index (χ1v) is 12.3. The number of benzene rings is 1. The number of rotatable bonds is 7. The summed E-state index contributed by atoms with van der Waals surface area (Å²) in [6.07, 6.45) is -0.184. The van der Waals surface area contributed by atoms with Crippen LogP contribution in [0.2, 0.25) is 0 Å². The molecule has 1 saturated carbocycles. The molecule has 0 spiro atoms. The third-order valence-electron chi connectivity index (χ3n) is 7.63. The monoisotopic (exact) mass is 468 g/mol. The van der Waals surface area contributed by atoms with Gasteiger partial charge in [0.05, 0.1) is 13.0 Å². The fourth-order valence-corrected chi connectivity index (χ4v) is 5.64. The number of fused-ring (bicyclic) bond motifs is 1. The zero-order valence-electron chi connectivity index (χ0n) is 19.1. The van der Waals surface area contributed by atoms with Gasteiger partial charge in [0.2, 0.25) is 5.91 Å². The van der Waals surface area contributed by atoms with Gasteiger partial charge < -0.3 is 20.1 Å². The van der Waals surface area contributed by atoms with E-state index < -0.39 is 24.6 Å². The lowest BCUT2D eigenvalue weighted by Gasteiger charge is -2.35. The Balaban J connectivity index is 1.13. The Morgan fingerprint density at radius 1 is 1.15 bits per heavy atom. The molecule has 0 aromatic heterocycles. The van der Waals surface area contributed by atoms with Gasteiger partial charge in [0.15, 0.2) is 6.10 Å². The maximum Gasteiger partial charge on any atom is 0.414 e. The Labute approximate surface area is 193 Å². The summed E-state index contributed by atoms with van der Waals surface area (Å²) in [5.41, 5.74) is 2.89. The largest absolute Gasteiger partial charge is 0.493 e. The third kappa shape index (κ3) is 6.41. The van der Waals surface area contributed by atoms with Crippen LogP contribution in [-0.4, -0.2) is 60.5 Å². The number of amides is 1. The number of ether oxygens (including phenoxy) is 1. The highest BCUT2D eigenvalue weighted by molar-refractivity contribution is 5.76. The molecule has 0 unspecified atom stereocenters. The Hall–Kier alpha value is -1.80. The molecule has 0 radical (unpaired) electrons. The van der Waals surface area contributed by atoms with Crippen molar-refractivity contribution in [3.05, 3.63) is 29.3 Å². The van der Waals surface area contributed by atoms with E-state index in [0.717, 1.165) is 70.5 Å². The second kappa shape index (κ2) is 10.6. The second-order valence-electron chi connectivity index (χ2n) is 9.87. The lowest BCUT2D eigenvalue weighted by atomic mass is 9.83. The van der Waals surface area contributed by atoms with E-state index >= 15 is 0 Å². The minimum atomic E-state index is -4.75. The Kier molecular flexibility index (Phi) is 7.84. The van der Waals surface area contributed by atoms with Gasteiger partial charge in [-0.1, -0.05) is 12.1 Å². The van der Waals surface area contributed by atoms with Gasteiger partial charge in [0, 0.05) is 18.0 Å². The molecular weight excluding hydrogens is 433 g/mol. The number of piperidine rings is 1. The van der Waals surface area contributed by atoms with E-state index in [9.17, 15) is 18.0 Å². The summed E-state index contributed by atoms with van der Waals surface area (Å²) in [5.74, 6) is 1.57. The van der Waals surface area contributed by atoms with Gasteiger partial charge in [-0.2, -0.15) is 13.2 Å². The topological polar surface area (TPSA) is 61.8 Å². The number of alkyl halides is 3. The van der Waals surface area contributed by atoms with Crippen molar-refractivity contribution in [3.8, 4) is 5.75 Å². The van der Waals surface area contributed by atoms with E-state index in [1.165, 1.54) is 24.0 Å². The average Bonchev–Trinajstić information content (AvgIpc) is 3.27. The van der Waals surface area contributed by atoms with Crippen LogP contribution in [0.15, 0.2) is 18.2 Å². The molecule has 0 bridgehead atoms. The molecule has 1 amide bonds. The van der Waals surface area contributed by atoms with Crippen LogP contribution in [-0.2, 0) is 11.2 Å². The standard InChI is InChI=1S/C25H35F3N2O3/c26-25(27,28)23(31)16-24(32)29-19-6-4-17(5-7-19)8-12-30-13-9-18(10-14-30)20-2-1-3-22-21(20)11-15-33-22/h1-3,17-19,23,31H,4-16H2,(H,29,32)/t17?,19?,23-/m1/s1. The third-order valence-corrected chi connectivity index (χ3v) is 7.63. The average molecular weight is 469 g/mol. The molecule has 1 saturated heterocycles. The number of carbonyl (C=O) groups excluding carboxylic acids is 1. The highest BCUT2D eigenvalue weighted by Gasteiger charge is 2.39. The molecule has 2 N–H and O–H groups in total. The molecular formula is C25H35F3N2O3. The number of halogens is 3. The van der Waals surface area contributed by atoms with Gasteiger partial charge in [-0.15, -0.1) is 0 Å². The first kappa shape index (κ1) is 24.3. The fraction of sp³-hybridized carbons (Fsp3) is 0.720. The molecule has 1 aromatic carbocycles. The Morgan fingerprint density at radius 3 is 2.58 bits per heavy atom. The minimum Gasteiger partial charge on any atom is -0.493 e. The molecule has 5 nitrogen and oxygen atoms in total. The van der Waals surface area contributed by atoms with Crippen LogP contribution in [0.4, 0.5) is 13.2 Å². The molecule has 2 heterocycles. The molecule has 33 heavy (non-hydrogen) atoms. The van der Waals surface area contributed by atoms with E-state index in [1.54, 1.807) is 0 Å². The van der Waals surface area contributed by atoms with E-state index in [-0.39, 0.29) is 6.04 Å². The van der Waals surface area contributed by atoms with Crippen molar-refractivity contribution in [2.24, 2.45) is 5.92 Å². The lowest BCUT2D eigenvalue weighted by molar-refractivity contribution is -0.206. The number of hydrogen-bond acceptors (Lipinski definition) is 4. The molecule has 184 valence electrons. The SMILES string of the molecule is O=C(C[C@@H](O)C(F)(F)F)NC1CCC(CCN2CCC(c3cccc4c3CCO4)CC2)CC1. The minimum absolute atomic E-state index is 0.0819. The van der Waals surface area contributed by atoms with Crippen molar-refractivity contribution in [1.82, 2.24) is 10.2 Å². The molecule has 8 heteroatoms. The van der Waals surface area contributed by atoms with Gasteiger partial charge in [-0.3, -0.25) is 4.79 Å². The maximum absolute atomic E-state index is 12.4. The second-order valence-corrected chi connectivity index (χ2v) is 9.87. The van der Waals surface area contributed by atoms with Gasteiger partial charge in [-0.25, -0.2) is 0 Å². The van der Waals surface area contributed by atoms with E-state index in [2.05, 4.69) is 28.4 Å². The van der Waals surface area contributed by atoms with Crippen LogP contribution in [0.1, 0.15) is 68.4 Å². The number of aliphatic hydroxyl groups is 1. The number of likely N-dealkylation sites (tertiary alicyclic amines) is 1. The smallest absolute Gasteiger partial charge is 0.414 e. The molecule has 1 aliphatic carbocycles. The van der Waals surface area contributed by atoms with E-state index in [1.807, 2.05) is 0 Å². The van der Waals surface area contributed by atoms with Crippen LogP contribution in [0.3, 0.4) is 0 Å². The van der Waals surface area contributed by atoms with Gasteiger partial charge in [-0.05, 0) is 88.0 Å². The Bertz CT molecular complexity index is 801. The normalized spacial score (nSPS) is 25.3. The Morgan fingerprint density at radius 2 is 1.88 bits per heavy atom. The fourth-order valence-electron chi connectivity index (χ4n) is 5.64. The van der Waals surface area contributed by atoms with Crippen molar-refractivity contribution >= 4 is 5.91 Å². The van der Waals surface area contributed by atoms with Crippen molar-refractivity contribution in [1.29, 1.82) is 0 Å². The van der Waals surface area contributed by atoms with E-state index in [0.29, 0.717) is 11.8 Å². The van der Waals surface area contributed by atoms with Crippen LogP contribution < -0.4 is 10.1 Å². The predicted molar refractivity (Wildman–Crippen MR) is 119 cm³/mol. The van der Waals surface area contributed by atoms with E-state index in [4.69, 9.17) is 9.84 Å². The number of aliphatic hydroxyl groups excluding tert-OH is 1. The molecule has 2 fully saturated rings. The summed E-state index contributed by atoms with van der Waals surface area (Å²) in [7, 11) is 0. The lowest BCUT2D eigenvalue weighted by Crippen LogP contribution is -2.41. The molecule has 1 aromatic rings. The van der Waals surface area contributed by atoms with Crippen LogP contribution in [0.25, 0.3) is 0 Å². The highest BCUT2D eigenvalue weighted by Crippen LogP contribution is 2.37. The maximum atomic E-state index is 12.4. The van der Waals surface area contributed by atoms with Crippen molar-refractivity contribution < 1.29 is 27.8 Å². The van der Waals surface area contributed by atoms with Gasteiger partial charge in [0.1, 0.15) is 5.75 Å².